The van der Waals surface area contributed by atoms with Crippen molar-refractivity contribution in [2.45, 2.75) is 12.5 Å². The van der Waals surface area contributed by atoms with Crippen molar-refractivity contribution in [3.63, 3.8) is 0 Å². The molecule has 8 heteroatoms. The minimum atomic E-state index is -3.82. The molecule has 0 aliphatic rings. The van der Waals surface area contributed by atoms with E-state index in [0.717, 1.165) is 13.4 Å². The molecule has 0 fully saturated rings. The molecule has 0 bridgehead atoms. The first-order valence-corrected chi connectivity index (χ1v) is 7.80. The van der Waals surface area contributed by atoms with Crippen LogP contribution in [0.15, 0.2) is 35.3 Å². The van der Waals surface area contributed by atoms with Gasteiger partial charge in [0.15, 0.2) is 12.0 Å². The maximum Gasteiger partial charge on any atom is 0.337 e. The van der Waals surface area contributed by atoms with Gasteiger partial charge in [-0.3, -0.25) is 4.18 Å². The Labute approximate surface area is 123 Å². The summed E-state index contributed by atoms with van der Waals surface area (Å²) in [6.07, 6.45) is -0.651. The SMILES string of the molecule is COC(=O)[C@H](CC(=Nc1ccccc1)OC)OS(C)(=O)=O. The zero-order chi connectivity index (χ0) is 15.9. The normalized spacial score (nSPS) is 13.6. The van der Waals surface area contributed by atoms with Crippen LogP contribution in [-0.4, -0.2) is 46.9 Å². The molecule has 0 radical (unpaired) electrons. The van der Waals surface area contributed by atoms with E-state index in [2.05, 4.69) is 9.73 Å². The van der Waals surface area contributed by atoms with Crippen LogP contribution in [0.3, 0.4) is 0 Å². The van der Waals surface area contributed by atoms with Gasteiger partial charge in [0.2, 0.25) is 0 Å². The second kappa shape index (κ2) is 7.75. The lowest BCUT2D eigenvalue weighted by atomic mass is 10.2. The summed E-state index contributed by atoms with van der Waals surface area (Å²) in [5, 5.41) is 0. The summed E-state index contributed by atoms with van der Waals surface area (Å²) in [6.45, 7) is 0. The number of para-hydroxylation sites is 1. The lowest BCUT2D eigenvalue weighted by Gasteiger charge is -2.14. The molecule has 1 rings (SSSR count). The van der Waals surface area contributed by atoms with E-state index < -0.39 is 22.2 Å². The number of carbonyl (C=O) groups excluding carboxylic acids is 1. The number of benzene rings is 1. The quantitative estimate of drug-likeness (QED) is 0.340. The summed E-state index contributed by atoms with van der Waals surface area (Å²) < 4.78 is 36.6. The number of rotatable bonds is 6. The summed E-state index contributed by atoms with van der Waals surface area (Å²) in [4.78, 5) is 15.7. The van der Waals surface area contributed by atoms with Crippen molar-refractivity contribution in [1.82, 2.24) is 0 Å². The molecule has 1 atom stereocenters. The number of nitrogens with zero attached hydrogens (tertiary/aromatic N) is 1. The number of hydrogen-bond acceptors (Lipinski definition) is 7. The molecule has 0 spiro atoms. The van der Waals surface area contributed by atoms with Crippen molar-refractivity contribution in [2.24, 2.45) is 4.99 Å². The van der Waals surface area contributed by atoms with Crippen molar-refractivity contribution < 1.29 is 26.9 Å². The molecule has 0 amide bonds. The molecule has 0 aliphatic carbocycles. The maximum absolute atomic E-state index is 11.6. The van der Waals surface area contributed by atoms with E-state index in [1.165, 1.54) is 7.11 Å². The molecule has 21 heavy (non-hydrogen) atoms. The van der Waals surface area contributed by atoms with Crippen LogP contribution >= 0.6 is 0 Å². The van der Waals surface area contributed by atoms with Gasteiger partial charge in [-0.25, -0.2) is 9.79 Å². The van der Waals surface area contributed by atoms with Crippen molar-refractivity contribution in [1.29, 1.82) is 0 Å². The third-order valence-electron chi connectivity index (χ3n) is 2.36. The van der Waals surface area contributed by atoms with Crippen LogP contribution in [0.1, 0.15) is 6.42 Å². The Morgan fingerprint density at radius 1 is 1.19 bits per heavy atom. The minimum absolute atomic E-state index is 0.153. The Morgan fingerprint density at radius 3 is 2.29 bits per heavy atom. The molecule has 1 aromatic rings. The van der Waals surface area contributed by atoms with Crippen LogP contribution in [0.25, 0.3) is 0 Å². The topological polar surface area (TPSA) is 91.3 Å². The first-order chi connectivity index (χ1) is 9.85. The number of methoxy groups -OCH3 is 2. The highest BCUT2D eigenvalue weighted by Crippen LogP contribution is 2.14. The molecule has 0 heterocycles. The highest BCUT2D eigenvalue weighted by molar-refractivity contribution is 7.86. The Hall–Kier alpha value is -1.93. The van der Waals surface area contributed by atoms with Crippen LogP contribution in [0.5, 0.6) is 0 Å². The van der Waals surface area contributed by atoms with Gasteiger partial charge in [-0.1, -0.05) is 18.2 Å². The van der Waals surface area contributed by atoms with Gasteiger partial charge in [0.05, 0.1) is 32.6 Å². The predicted octanol–water partition coefficient (Wildman–Crippen LogP) is 1.27. The predicted molar refractivity (Wildman–Crippen MR) is 76.9 cm³/mol. The van der Waals surface area contributed by atoms with Crippen molar-refractivity contribution in [3.8, 4) is 0 Å². The number of hydrogen-bond donors (Lipinski definition) is 0. The molecule has 0 unspecified atom stereocenters. The van der Waals surface area contributed by atoms with E-state index in [1.807, 2.05) is 6.07 Å². The zero-order valence-electron chi connectivity index (χ0n) is 12.0. The third kappa shape index (κ3) is 6.37. The molecule has 0 aromatic heterocycles. The summed E-state index contributed by atoms with van der Waals surface area (Å²) in [5.41, 5.74) is 0.609. The fourth-order valence-corrected chi connectivity index (χ4v) is 2.05. The van der Waals surface area contributed by atoms with Crippen molar-refractivity contribution in [3.05, 3.63) is 30.3 Å². The van der Waals surface area contributed by atoms with Crippen LogP contribution in [0.4, 0.5) is 5.69 Å². The van der Waals surface area contributed by atoms with E-state index in [0.29, 0.717) is 5.69 Å². The largest absolute Gasteiger partial charge is 0.484 e. The summed E-state index contributed by atoms with van der Waals surface area (Å²) in [5.74, 6) is -0.668. The van der Waals surface area contributed by atoms with Gasteiger partial charge in [-0.05, 0) is 12.1 Å². The van der Waals surface area contributed by atoms with Crippen molar-refractivity contribution in [2.75, 3.05) is 20.5 Å². The minimum Gasteiger partial charge on any atom is -0.484 e. The van der Waals surface area contributed by atoms with Gasteiger partial charge in [0.1, 0.15) is 0 Å². The van der Waals surface area contributed by atoms with Gasteiger partial charge in [0, 0.05) is 0 Å². The van der Waals surface area contributed by atoms with Crippen molar-refractivity contribution >= 4 is 27.7 Å². The second-order valence-electron chi connectivity index (χ2n) is 4.06. The van der Waals surface area contributed by atoms with Gasteiger partial charge in [-0.15, -0.1) is 0 Å². The first-order valence-electron chi connectivity index (χ1n) is 5.98. The maximum atomic E-state index is 11.6. The first kappa shape index (κ1) is 17.1. The Bertz CT molecular complexity index is 596. The standard InChI is InChI=1S/C13H17NO6S/c1-18-12(14-10-7-5-4-6-8-10)9-11(13(15)19-2)20-21(3,16)17/h4-8,11H,9H2,1-3H3/t11-/m0/s1. The highest BCUT2D eigenvalue weighted by Gasteiger charge is 2.27. The van der Waals surface area contributed by atoms with Crippen LogP contribution in [0.2, 0.25) is 0 Å². The van der Waals surface area contributed by atoms with Gasteiger partial charge < -0.3 is 9.47 Å². The number of esters is 1. The molecular formula is C13H17NO6S. The van der Waals surface area contributed by atoms with E-state index in [4.69, 9.17) is 8.92 Å². The van der Waals surface area contributed by atoms with E-state index in [-0.39, 0.29) is 12.3 Å². The number of carbonyl (C=O) groups is 1. The fourth-order valence-electron chi connectivity index (χ4n) is 1.48. The van der Waals surface area contributed by atoms with Gasteiger partial charge in [-0.2, -0.15) is 8.42 Å². The highest BCUT2D eigenvalue weighted by atomic mass is 32.2. The number of ether oxygens (including phenoxy) is 2. The van der Waals surface area contributed by atoms with E-state index in [9.17, 15) is 13.2 Å². The van der Waals surface area contributed by atoms with E-state index >= 15 is 0 Å². The monoisotopic (exact) mass is 315 g/mol. The smallest absolute Gasteiger partial charge is 0.337 e. The Morgan fingerprint density at radius 2 is 1.81 bits per heavy atom. The number of aliphatic imine (C=N–C) groups is 1. The van der Waals surface area contributed by atoms with E-state index in [1.54, 1.807) is 24.3 Å². The molecule has 1 aromatic carbocycles. The molecular weight excluding hydrogens is 298 g/mol. The van der Waals surface area contributed by atoms with Gasteiger partial charge >= 0.3 is 5.97 Å². The van der Waals surface area contributed by atoms with Crippen LogP contribution in [-0.2, 0) is 28.6 Å². The zero-order valence-corrected chi connectivity index (χ0v) is 12.8. The average Bonchev–Trinajstić information content (AvgIpc) is 2.44. The molecule has 7 nitrogen and oxygen atoms in total. The van der Waals surface area contributed by atoms with Crippen LogP contribution in [0, 0.1) is 0 Å². The third-order valence-corrected chi connectivity index (χ3v) is 2.94. The summed E-state index contributed by atoms with van der Waals surface area (Å²) >= 11 is 0. The summed E-state index contributed by atoms with van der Waals surface area (Å²) in [6, 6.07) is 8.89. The molecule has 0 aliphatic heterocycles. The molecule has 0 saturated carbocycles. The lowest BCUT2D eigenvalue weighted by Crippen LogP contribution is -2.31. The molecule has 0 N–H and O–H groups in total. The Kier molecular flexibility index (Phi) is 6.32. The summed E-state index contributed by atoms with van der Waals surface area (Å²) in [7, 11) is -1.30. The second-order valence-corrected chi connectivity index (χ2v) is 5.66. The lowest BCUT2D eigenvalue weighted by molar-refractivity contribution is -0.148. The van der Waals surface area contributed by atoms with Crippen LogP contribution < -0.4 is 0 Å². The fraction of sp³-hybridized carbons (Fsp3) is 0.385. The average molecular weight is 315 g/mol. The Balaban J connectivity index is 2.94. The molecule has 0 saturated heterocycles. The molecule has 116 valence electrons. The van der Waals surface area contributed by atoms with Gasteiger partial charge in [0.25, 0.3) is 10.1 Å².